The molecule has 2 N–H and O–H groups in total. The minimum atomic E-state index is -0.469. The number of carbonyl (C=O) groups is 2. The van der Waals surface area contributed by atoms with Crippen LogP contribution in [0.2, 0.25) is 0 Å². The second-order valence-electron chi connectivity index (χ2n) is 6.40. The zero-order valence-corrected chi connectivity index (χ0v) is 16.4. The van der Waals surface area contributed by atoms with Crippen molar-refractivity contribution in [1.82, 2.24) is 4.98 Å². The van der Waals surface area contributed by atoms with E-state index in [9.17, 15) is 14.0 Å². The quantitative estimate of drug-likeness (QED) is 0.454. The van der Waals surface area contributed by atoms with Gasteiger partial charge >= 0.3 is 0 Å². The van der Waals surface area contributed by atoms with Gasteiger partial charge in [-0.3, -0.25) is 9.59 Å². The number of aromatic nitrogens is 1. The maximum absolute atomic E-state index is 13.5. The number of hydrogen-bond acceptors (Lipinski definition) is 5. The molecule has 5 nitrogen and oxygen atoms in total. The molecule has 1 aliphatic heterocycles. The van der Waals surface area contributed by atoms with Crippen LogP contribution in [0.15, 0.2) is 69.9 Å². The van der Waals surface area contributed by atoms with Crippen molar-refractivity contribution in [3.63, 3.8) is 0 Å². The average Bonchev–Trinajstić information content (AvgIpc) is 3.12. The van der Waals surface area contributed by atoms with Gasteiger partial charge in [0.05, 0.1) is 27.0 Å². The molecule has 1 aromatic heterocycles. The summed E-state index contributed by atoms with van der Waals surface area (Å²) >= 11 is 2.86. The molecule has 0 atom stereocenters. The van der Waals surface area contributed by atoms with Crippen LogP contribution in [0.3, 0.4) is 0 Å². The third-order valence-electron chi connectivity index (χ3n) is 4.49. The van der Waals surface area contributed by atoms with Crippen molar-refractivity contribution in [1.29, 1.82) is 0 Å². The van der Waals surface area contributed by atoms with Gasteiger partial charge in [0.25, 0.3) is 11.8 Å². The zero-order chi connectivity index (χ0) is 20.0. The Hall–Kier alpha value is -3.23. The molecule has 0 unspecified atom stereocenters. The Morgan fingerprint density at radius 2 is 1.90 bits per heavy atom. The van der Waals surface area contributed by atoms with Crippen LogP contribution in [0, 0.1) is 5.82 Å². The van der Waals surface area contributed by atoms with Gasteiger partial charge in [-0.15, -0.1) is 11.3 Å². The number of rotatable bonds is 2. The van der Waals surface area contributed by atoms with Crippen LogP contribution in [-0.2, 0) is 0 Å². The molecule has 2 heterocycles. The fourth-order valence-corrected chi connectivity index (χ4v) is 4.78. The summed E-state index contributed by atoms with van der Waals surface area (Å²) in [6, 6.07) is 14.8. The van der Waals surface area contributed by atoms with Gasteiger partial charge in [0, 0.05) is 21.0 Å². The normalized spacial score (nSPS) is 12.7. The molecule has 142 valence electrons. The smallest absolute Gasteiger partial charge is 0.256 e. The second kappa shape index (κ2) is 6.98. The van der Waals surface area contributed by atoms with Crippen LogP contribution in [0.25, 0.3) is 10.2 Å². The van der Waals surface area contributed by atoms with Gasteiger partial charge in [0.15, 0.2) is 0 Å². The molecule has 0 saturated carbocycles. The van der Waals surface area contributed by atoms with Crippen LogP contribution in [0.5, 0.6) is 0 Å². The van der Waals surface area contributed by atoms with Crippen molar-refractivity contribution in [2.45, 2.75) is 9.79 Å². The number of hydrogen-bond donors (Lipinski definition) is 2. The molecule has 4 aromatic rings. The Morgan fingerprint density at radius 1 is 1.03 bits per heavy atom. The first-order valence-electron chi connectivity index (χ1n) is 8.64. The van der Waals surface area contributed by atoms with Gasteiger partial charge < -0.3 is 10.6 Å². The highest BCUT2D eigenvalue weighted by Crippen LogP contribution is 2.39. The van der Waals surface area contributed by atoms with Gasteiger partial charge in [-0.25, -0.2) is 9.37 Å². The Labute approximate surface area is 173 Å². The molecule has 5 rings (SSSR count). The molecular weight excluding hydrogens is 409 g/mol. The number of thiazole rings is 1. The predicted molar refractivity (Wildman–Crippen MR) is 112 cm³/mol. The van der Waals surface area contributed by atoms with Gasteiger partial charge in [-0.1, -0.05) is 11.8 Å². The van der Waals surface area contributed by atoms with E-state index in [1.807, 2.05) is 12.1 Å². The Morgan fingerprint density at radius 3 is 2.79 bits per heavy atom. The van der Waals surface area contributed by atoms with Crippen molar-refractivity contribution >= 4 is 56.5 Å². The summed E-state index contributed by atoms with van der Waals surface area (Å²) in [6.07, 6.45) is 0. The van der Waals surface area contributed by atoms with Crippen LogP contribution >= 0.6 is 23.1 Å². The summed E-state index contributed by atoms with van der Waals surface area (Å²) in [4.78, 5) is 30.9. The van der Waals surface area contributed by atoms with E-state index in [4.69, 9.17) is 0 Å². The zero-order valence-electron chi connectivity index (χ0n) is 14.7. The first-order valence-corrected chi connectivity index (χ1v) is 10.3. The van der Waals surface area contributed by atoms with E-state index >= 15 is 0 Å². The molecule has 0 saturated heterocycles. The van der Waals surface area contributed by atoms with Crippen LogP contribution in [-0.4, -0.2) is 16.8 Å². The lowest BCUT2D eigenvalue weighted by molar-refractivity contribution is 0.101. The first-order chi connectivity index (χ1) is 14.1. The highest BCUT2D eigenvalue weighted by atomic mass is 32.2. The van der Waals surface area contributed by atoms with Crippen LogP contribution < -0.4 is 10.6 Å². The van der Waals surface area contributed by atoms with E-state index in [1.54, 1.807) is 35.8 Å². The van der Waals surface area contributed by atoms with E-state index in [2.05, 4.69) is 15.6 Å². The fourth-order valence-electron chi connectivity index (χ4n) is 3.07. The number of anilines is 2. The minimum Gasteiger partial charge on any atom is -0.322 e. The predicted octanol–water partition coefficient (Wildman–Crippen LogP) is 5.40. The number of nitrogens with one attached hydrogen (secondary N) is 2. The van der Waals surface area contributed by atoms with Gasteiger partial charge in [0.1, 0.15) is 5.82 Å². The Balaban J connectivity index is 1.43. The molecule has 0 bridgehead atoms. The van der Waals surface area contributed by atoms with E-state index in [-0.39, 0.29) is 11.5 Å². The number of benzene rings is 3. The maximum Gasteiger partial charge on any atom is 0.256 e. The number of fused-ring (bicyclic) bond motifs is 3. The monoisotopic (exact) mass is 421 g/mol. The molecule has 0 aliphatic carbocycles. The molecule has 3 aromatic carbocycles. The number of carbonyl (C=O) groups excluding carboxylic acids is 2. The van der Waals surface area contributed by atoms with Gasteiger partial charge in [-0.2, -0.15) is 0 Å². The van der Waals surface area contributed by atoms with Crippen molar-refractivity contribution in [3.05, 3.63) is 77.1 Å². The van der Waals surface area contributed by atoms with E-state index in [0.29, 0.717) is 21.8 Å². The number of nitrogens with zero attached hydrogens (tertiary/aromatic N) is 1. The van der Waals surface area contributed by atoms with Gasteiger partial charge in [-0.05, 0) is 54.6 Å². The van der Waals surface area contributed by atoms with Crippen molar-refractivity contribution < 1.29 is 14.0 Å². The Kier molecular flexibility index (Phi) is 4.30. The van der Waals surface area contributed by atoms with E-state index < -0.39 is 11.7 Å². The van der Waals surface area contributed by atoms with Crippen molar-refractivity contribution in [2.75, 3.05) is 10.6 Å². The summed E-state index contributed by atoms with van der Waals surface area (Å²) in [6.45, 7) is 0. The third-order valence-corrected chi connectivity index (χ3v) is 6.43. The standard InChI is InChI=1S/C21H12FN3O2S2/c22-12-2-6-17-14(8-12)21(27)25-16-7-11(1-5-18(16)29-17)20(26)24-13-3-4-15-19(9-13)28-10-23-15/h1-10H,(H,24,26)(H,25,27). The highest BCUT2D eigenvalue weighted by molar-refractivity contribution is 7.99. The molecule has 1 aliphatic rings. The largest absolute Gasteiger partial charge is 0.322 e. The highest BCUT2D eigenvalue weighted by Gasteiger charge is 2.21. The number of amides is 2. The van der Waals surface area contributed by atoms with E-state index in [1.165, 1.54) is 35.2 Å². The van der Waals surface area contributed by atoms with Gasteiger partial charge in [0.2, 0.25) is 0 Å². The summed E-state index contributed by atoms with van der Waals surface area (Å²) < 4.78 is 14.5. The fraction of sp³-hybridized carbons (Fsp3) is 0. The maximum atomic E-state index is 13.5. The topological polar surface area (TPSA) is 71.1 Å². The first kappa shape index (κ1) is 17.8. The average molecular weight is 421 g/mol. The molecule has 29 heavy (non-hydrogen) atoms. The summed E-state index contributed by atoms with van der Waals surface area (Å²) in [7, 11) is 0. The SMILES string of the molecule is O=C(Nc1ccc2ncsc2c1)c1ccc2c(c1)NC(=O)c1cc(F)ccc1S2. The summed E-state index contributed by atoms with van der Waals surface area (Å²) in [5, 5.41) is 5.64. The van der Waals surface area contributed by atoms with Crippen LogP contribution in [0.1, 0.15) is 20.7 Å². The molecule has 2 amide bonds. The van der Waals surface area contributed by atoms with E-state index in [0.717, 1.165) is 15.1 Å². The summed E-state index contributed by atoms with van der Waals surface area (Å²) in [5.74, 6) is -1.16. The van der Waals surface area contributed by atoms with Crippen LogP contribution in [0.4, 0.5) is 15.8 Å². The minimum absolute atomic E-state index is 0.273. The molecular formula is C21H12FN3O2S2. The summed E-state index contributed by atoms with van der Waals surface area (Å²) in [5.41, 5.74) is 4.51. The molecule has 0 fully saturated rings. The molecule has 8 heteroatoms. The lowest BCUT2D eigenvalue weighted by atomic mass is 10.1. The lowest BCUT2D eigenvalue weighted by Gasteiger charge is -2.10. The Bertz CT molecular complexity index is 1300. The third kappa shape index (κ3) is 3.37. The lowest BCUT2D eigenvalue weighted by Crippen LogP contribution is -2.14. The van der Waals surface area contributed by atoms with Crippen molar-refractivity contribution in [3.8, 4) is 0 Å². The molecule has 0 spiro atoms. The second-order valence-corrected chi connectivity index (χ2v) is 8.37. The van der Waals surface area contributed by atoms with Crippen molar-refractivity contribution in [2.24, 2.45) is 0 Å². The molecule has 0 radical (unpaired) electrons. The number of halogens is 1.